The Hall–Kier alpha value is -0.220. The van der Waals surface area contributed by atoms with Crippen molar-refractivity contribution in [3.63, 3.8) is 0 Å². The third-order valence-electron chi connectivity index (χ3n) is 2.53. The van der Waals surface area contributed by atoms with E-state index in [1.807, 2.05) is 4.90 Å². The Labute approximate surface area is 85.1 Å². The van der Waals surface area contributed by atoms with Crippen LogP contribution in [0.3, 0.4) is 0 Å². The fourth-order valence-corrected chi connectivity index (χ4v) is 1.93. The topological polar surface area (TPSA) is 46.3 Å². The van der Waals surface area contributed by atoms with Crippen LogP contribution in [0.25, 0.3) is 0 Å². The minimum Gasteiger partial charge on any atom is -0.342 e. The van der Waals surface area contributed by atoms with E-state index in [1.54, 1.807) is 0 Å². The first-order valence-electron chi connectivity index (χ1n) is 4.86. The quantitative estimate of drug-likeness (QED) is 0.655. The number of rotatable bonds is 3. The lowest BCUT2D eigenvalue weighted by atomic mass is 9.98. The number of thiol groups is 1. The molecule has 13 heavy (non-hydrogen) atoms. The van der Waals surface area contributed by atoms with Gasteiger partial charge in [0.25, 0.3) is 0 Å². The van der Waals surface area contributed by atoms with Gasteiger partial charge in [0.15, 0.2) is 0 Å². The Kier molecular flexibility index (Phi) is 4.59. The number of nitrogens with zero attached hydrogens (tertiary/aromatic N) is 1. The molecule has 0 spiro atoms. The van der Waals surface area contributed by atoms with Crippen molar-refractivity contribution < 1.29 is 4.79 Å². The van der Waals surface area contributed by atoms with Crippen molar-refractivity contribution in [3.8, 4) is 0 Å². The summed E-state index contributed by atoms with van der Waals surface area (Å²) in [5.74, 6) is 1.38. The maximum atomic E-state index is 11.5. The van der Waals surface area contributed by atoms with Crippen molar-refractivity contribution in [1.29, 1.82) is 0 Å². The fourth-order valence-electron chi connectivity index (χ4n) is 1.74. The molecule has 0 saturated carbocycles. The molecule has 1 aliphatic heterocycles. The molecule has 3 nitrogen and oxygen atoms in total. The van der Waals surface area contributed by atoms with Crippen LogP contribution in [0.2, 0.25) is 0 Å². The summed E-state index contributed by atoms with van der Waals surface area (Å²) in [6, 6.07) is 0. The summed E-state index contributed by atoms with van der Waals surface area (Å²) in [5, 5.41) is 0. The van der Waals surface area contributed by atoms with Gasteiger partial charge in [-0.1, -0.05) is 0 Å². The van der Waals surface area contributed by atoms with Gasteiger partial charge in [-0.25, -0.2) is 0 Å². The second-order valence-electron chi connectivity index (χ2n) is 3.56. The summed E-state index contributed by atoms with van der Waals surface area (Å²) in [5.41, 5.74) is 5.59. The summed E-state index contributed by atoms with van der Waals surface area (Å²) in [7, 11) is 0. The molecule has 0 bridgehead atoms. The summed E-state index contributed by atoms with van der Waals surface area (Å²) < 4.78 is 0. The van der Waals surface area contributed by atoms with Crippen molar-refractivity contribution in [2.45, 2.75) is 19.3 Å². The number of carbonyl (C=O) groups is 1. The van der Waals surface area contributed by atoms with Gasteiger partial charge in [-0.2, -0.15) is 12.6 Å². The lowest BCUT2D eigenvalue weighted by molar-refractivity contribution is -0.132. The van der Waals surface area contributed by atoms with E-state index in [2.05, 4.69) is 12.6 Å². The van der Waals surface area contributed by atoms with Gasteiger partial charge in [-0.15, -0.1) is 0 Å². The number of likely N-dealkylation sites (tertiary alicyclic amines) is 1. The highest BCUT2D eigenvalue weighted by Crippen LogP contribution is 2.15. The Morgan fingerprint density at radius 2 is 2.38 bits per heavy atom. The molecule has 4 heteroatoms. The van der Waals surface area contributed by atoms with Gasteiger partial charge in [0.05, 0.1) is 0 Å². The van der Waals surface area contributed by atoms with Crippen LogP contribution in [0.4, 0.5) is 0 Å². The predicted molar refractivity (Wildman–Crippen MR) is 56.8 cm³/mol. The number of amides is 1. The normalized spacial score (nSPS) is 23.2. The average molecular weight is 202 g/mol. The molecule has 1 aliphatic rings. The molecule has 1 atom stereocenters. The number of hydrogen-bond acceptors (Lipinski definition) is 3. The highest BCUT2D eigenvalue weighted by molar-refractivity contribution is 7.80. The van der Waals surface area contributed by atoms with Gasteiger partial charge in [-0.05, 0) is 31.1 Å². The number of hydrogen-bond donors (Lipinski definition) is 2. The molecule has 76 valence electrons. The maximum absolute atomic E-state index is 11.5. The number of nitrogens with two attached hydrogens (primary N) is 1. The van der Waals surface area contributed by atoms with Crippen LogP contribution in [0.5, 0.6) is 0 Å². The van der Waals surface area contributed by atoms with Crippen LogP contribution in [-0.2, 0) is 4.79 Å². The summed E-state index contributed by atoms with van der Waals surface area (Å²) >= 11 is 4.05. The Balaban J connectivity index is 2.37. The van der Waals surface area contributed by atoms with Gasteiger partial charge in [0.2, 0.25) is 5.91 Å². The van der Waals surface area contributed by atoms with Crippen LogP contribution in [0.1, 0.15) is 19.3 Å². The monoisotopic (exact) mass is 202 g/mol. The molecule has 1 heterocycles. The number of piperidine rings is 1. The van der Waals surface area contributed by atoms with E-state index in [0.29, 0.717) is 24.6 Å². The zero-order chi connectivity index (χ0) is 9.68. The summed E-state index contributed by atoms with van der Waals surface area (Å²) in [6.07, 6.45) is 2.82. The Morgan fingerprint density at radius 1 is 1.62 bits per heavy atom. The van der Waals surface area contributed by atoms with Crippen molar-refractivity contribution in [3.05, 3.63) is 0 Å². The lowest BCUT2D eigenvalue weighted by Gasteiger charge is -2.32. The van der Waals surface area contributed by atoms with E-state index in [0.717, 1.165) is 19.5 Å². The minimum absolute atomic E-state index is 0.230. The van der Waals surface area contributed by atoms with E-state index < -0.39 is 0 Å². The Morgan fingerprint density at radius 3 is 3.00 bits per heavy atom. The van der Waals surface area contributed by atoms with E-state index in [1.165, 1.54) is 6.42 Å². The van der Waals surface area contributed by atoms with Gasteiger partial charge < -0.3 is 10.6 Å². The largest absolute Gasteiger partial charge is 0.342 e. The fraction of sp³-hybridized carbons (Fsp3) is 0.889. The van der Waals surface area contributed by atoms with E-state index in [9.17, 15) is 4.79 Å². The summed E-state index contributed by atoms with van der Waals surface area (Å²) in [4.78, 5) is 13.4. The van der Waals surface area contributed by atoms with E-state index in [-0.39, 0.29) is 5.91 Å². The smallest absolute Gasteiger partial charge is 0.223 e. The molecule has 0 aromatic carbocycles. The molecule has 1 unspecified atom stereocenters. The molecule has 1 saturated heterocycles. The van der Waals surface area contributed by atoms with Crippen molar-refractivity contribution in [1.82, 2.24) is 4.90 Å². The standard InChI is InChI=1S/C9H18N2OS/c10-6-8-2-1-4-11(7-8)9(12)3-5-13/h8,13H,1-7,10H2. The average Bonchev–Trinajstić information content (AvgIpc) is 2.18. The number of carbonyl (C=O) groups excluding carboxylic acids is 1. The maximum Gasteiger partial charge on any atom is 0.223 e. The van der Waals surface area contributed by atoms with Gasteiger partial charge >= 0.3 is 0 Å². The Bertz CT molecular complexity index is 175. The highest BCUT2D eigenvalue weighted by Gasteiger charge is 2.21. The first kappa shape index (κ1) is 10.9. The van der Waals surface area contributed by atoms with Crippen molar-refractivity contribution in [2.75, 3.05) is 25.4 Å². The molecular weight excluding hydrogens is 184 g/mol. The van der Waals surface area contributed by atoms with Crippen LogP contribution in [0.15, 0.2) is 0 Å². The van der Waals surface area contributed by atoms with Crippen LogP contribution in [0, 0.1) is 5.92 Å². The van der Waals surface area contributed by atoms with Crippen LogP contribution < -0.4 is 5.73 Å². The van der Waals surface area contributed by atoms with Crippen LogP contribution in [-0.4, -0.2) is 36.2 Å². The molecule has 1 rings (SSSR count). The van der Waals surface area contributed by atoms with Gasteiger partial charge in [-0.3, -0.25) is 4.79 Å². The summed E-state index contributed by atoms with van der Waals surface area (Å²) in [6.45, 7) is 2.46. The van der Waals surface area contributed by atoms with Crippen molar-refractivity contribution >= 4 is 18.5 Å². The highest BCUT2D eigenvalue weighted by atomic mass is 32.1. The minimum atomic E-state index is 0.230. The second-order valence-corrected chi connectivity index (χ2v) is 4.00. The van der Waals surface area contributed by atoms with Crippen LogP contribution >= 0.6 is 12.6 Å². The lowest BCUT2D eigenvalue weighted by Crippen LogP contribution is -2.42. The molecular formula is C9H18N2OS. The molecule has 0 radical (unpaired) electrons. The molecule has 1 fully saturated rings. The van der Waals surface area contributed by atoms with Crippen molar-refractivity contribution in [2.24, 2.45) is 11.7 Å². The molecule has 0 aromatic heterocycles. The third-order valence-corrected chi connectivity index (χ3v) is 2.75. The van der Waals surface area contributed by atoms with E-state index in [4.69, 9.17) is 5.73 Å². The second kappa shape index (κ2) is 5.50. The first-order chi connectivity index (χ1) is 6.27. The molecule has 2 N–H and O–H groups in total. The SMILES string of the molecule is NCC1CCCN(C(=O)CCS)C1. The molecule has 0 aliphatic carbocycles. The molecule has 1 amide bonds. The zero-order valence-corrected chi connectivity index (χ0v) is 8.80. The molecule has 0 aromatic rings. The van der Waals surface area contributed by atoms with Gasteiger partial charge in [0, 0.05) is 19.5 Å². The van der Waals surface area contributed by atoms with E-state index >= 15 is 0 Å². The predicted octanol–water partition coefficient (Wildman–Crippen LogP) is 0.504. The first-order valence-corrected chi connectivity index (χ1v) is 5.50. The van der Waals surface area contributed by atoms with Gasteiger partial charge in [0.1, 0.15) is 0 Å². The zero-order valence-electron chi connectivity index (χ0n) is 7.91. The third kappa shape index (κ3) is 3.19.